The van der Waals surface area contributed by atoms with Gasteiger partial charge in [0.1, 0.15) is 12.4 Å². The number of aryl methyl sites for hydroxylation is 1. The van der Waals surface area contributed by atoms with Crippen molar-refractivity contribution in [3.05, 3.63) is 125 Å². The standard InChI is InChI=1S/C28H26N2O/c1-20-21(2)28(29-22(3)27(20)31-19-23-13-7-4-8-14-23)30-26(24-15-9-5-10-16-24)25-17-11-6-12-18-25/h4-18H,19H2,1-3H3. The lowest BCUT2D eigenvalue weighted by molar-refractivity contribution is 0.300. The molecule has 1 heterocycles. The highest BCUT2D eigenvalue weighted by Gasteiger charge is 2.15. The smallest absolute Gasteiger partial charge is 0.156 e. The first-order chi connectivity index (χ1) is 15.1. The van der Waals surface area contributed by atoms with Gasteiger partial charge in [0.05, 0.1) is 11.4 Å². The van der Waals surface area contributed by atoms with Crippen molar-refractivity contribution in [3.8, 4) is 5.75 Å². The fraction of sp³-hybridized carbons (Fsp3) is 0.143. The van der Waals surface area contributed by atoms with Crippen LogP contribution in [0, 0.1) is 20.8 Å². The number of hydrogen-bond donors (Lipinski definition) is 0. The van der Waals surface area contributed by atoms with Gasteiger partial charge in [-0.1, -0.05) is 91.0 Å². The van der Waals surface area contributed by atoms with E-state index in [1.807, 2.05) is 61.5 Å². The largest absolute Gasteiger partial charge is 0.487 e. The zero-order valence-corrected chi connectivity index (χ0v) is 18.2. The van der Waals surface area contributed by atoms with Crippen molar-refractivity contribution in [1.82, 2.24) is 4.98 Å². The van der Waals surface area contributed by atoms with Crippen molar-refractivity contribution < 1.29 is 4.74 Å². The van der Waals surface area contributed by atoms with Crippen molar-refractivity contribution in [2.75, 3.05) is 0 Å². The van der Waals surface area contributed by atoms with Crippen LogP contribution in [0.2, 0.25) is 0 Å². The number of aliphatic imine (C=N–C) groups is 1. The van der Waals surface area contributed by atoms with E-state index < -0.39 is 0 Å². The molecule has 4 rings (SSSR count). The maximum absolute atomic E-state index is 6.15. The Hall–Kier alpha value is -3.72. The van der Waals surface area contributed by atoms with Gasteiger partial charge in [0.2, 0.25) is 0 Å². The van der Waals surface area contributed by atoms with Crippen LogP contribution in [0.3, 0.4) is 0 Å². The van der Waals surface area contributed by atoms with Gasteiger partial charge < -0.3 is 4.74 Å². The molecule has 0 unspecified atom stereocenters. The molecule has 3 aromatic carbocycles. The summed E-state index contributed by atoms with van der Waals surface area (Å²) >= 11 is 0. The summed E-state index contributed by atoms with van der Waals surface area (Å²) in [7, 11) is 0. The Kier molecular flexibility index (Phi) is 6.23. The molecule has 0 amide bonds. The third kappa shape index (κ3) is 4.72. The Morgan fingerprint density at radius 2 is 1.23 bits per heavy atom. The van der Waals surface area contributed by atoms with E-state index in [0.29, 0.717) is 6.61 Å². The average Bonchev–Trinajstić information content (AvgIpc) is 2.82. The van der Waals surface area contributed by atoms with Crippen molar-refractivity contribution in [2.24, 2.45) is 4.99 Å². The fourth-order valence-electron chi connectivity index (χ4n) is 3.55. The van der Waals surface area contributed by atoms with Gasteiger partial charge in [-0.2, -0.15) is 0 Å². The van der Waals surface area contributed by atoms with Gasteiger partial charge in [0.15, 0.2) is 5.82 Å². The highest BCUT2D eigenvalue weighted by molar-refractivity contribution is 6.13. The molecule has 0 saturated carbocycles. The van der Waals surface area contributed by atoms with Crippen LogP contribution >= 0.6 is 0 Å². The van der Waals surface area contributed by atoms with Gasteiger partial charge in [-0.3, -0.25) is 0 Å². The lowest BCUT2D eigenvalue weighted by Crippen LogP contribution is -2.05. The van der Waals surface area contributed by atoms with E-state index in [1.165, 1.54) is 0 Å². The molecule has 0 aliphatic rings. The van der Waals surface area contributed by atoms with Crippen molar-refractivity contribution in [3.63, 3.8) is 0 Å². The van der Waals surface area contributed by atoms with Crippen LogP contribution in [-0.2, 0) is 6.61 Å². The minimum Gasteiger partial charge on any atom is -0.487 e. The Balaban J connectivity index is 1.73. The van der Waals surface area contributed by atoms with Crippen LogP contribution in [0.25, 0.3) is 0 Å². The predicted molar refractivity (Wildman–Crippen MR) is 127 cm³/mol. The molecule has 3 heteroatoms. The van der Waals surface area contributed by atoms with E-state index in [2.05, 4.69) is 50.2 Å². The molecule has 0 aliphatic heterocycles. The molecule has 0 N–H and O–H groups in total. The maximum Gasteiger partial charge on any atom is 0.156 e. The van der Waals surface area contributed by atoms with E-state index in [1.54, 1.807) is 0 Å². The zero-order chi connectivity index (χ0) is 21.6. The highest BCUT2D eigenvalue weighted by Crippen LogP contribution is 2.32. The molecule has 154 valence electrons. The predicted octanol–water partition coefficient (Wildman–Crippen LogP) is 6.75. The SMILES string of the molecule is Cc1nc(N=C(c2ccccc2)c2ccccc2)c(C)c(C)c1OCc1ccccc1. The first-order valence-corrected chi connectivity index (χ1v) is 10.5. The number of ether oxygens (including phenoxy) is 1. The summed E-state index contributed by atoms with van der Waals surface area (Å²) in [4.78, 5) is 9.85. The second kappa shape index (κ2) is 9.40. The summed E-state index contributed by atoms with van der Waals surface area (Å²) in [6.07, 6.45) is 0. The molecule has 1 aromatic heterocycles. The van der Waals surface area contributed by atoms with E-state index >= 15 is 0 Å². The molecular formula is C28H26N2O. The number of hydrogen-bond acceptors (Lipinski definition) is 3. The van der Waals surface area contributed by atoms with Gasteiger partial charge in [0, 0.05) is 16.7 Å². The van der Waals surface area contributed by atoms with Gasteiger partial charge in [-0.05, 0) is 31.9 Å². The summed E-state index contributed by atoms with van der Waals surface area (Å²) in [5.74, 6) is 1.56. The summed E-state index contributed by atoms with van der Waals surface area (Å²) in [5.41, 5.74) is 7.12. The topological polar surface area (TPSA) is 34.5 Å². The second-order valence-corrected chi connectivity index (χ2v) is 7.57. The van der Waals surface area contributed by atoms with Crippen LogP contribution in [0.1, 0.15) is 33.5 Å². The third-order valence-electron chi connectivity index (χ3n) is 5.38. The fourth-order valence-corrected chi connectivity index (χ4v) is 3.55. The Morgan fingerprint density at radius 1 is 0.710 bits per heavy atom. The van der Waals surface area contributed by atoms with E-state index in [4.69, 9.17) is 14.7 Å². The summed E-state index contributed by atoms with van der Waals surface area (Å²) in [6.45, 7) is 6.64. The van der Waals surface area contributed by atoms with Crippen LogP contribution in [0.15, 0.2) is 96.0 Å². The van der Waals surface area contributed by atoms with Crippen LogP contribution in [0.5, 0.6) is 5.75 Å². The van der Waals surface area contributed by atoms with Crippen molar-refractivity contribution in [2.45, 2.75) is 27.4 Å². The lowest BCUT2D eigenvalue weighted by Gasteiger charge is -2.16. The normalized spacial score (nSPS) is 10.5. The minimum absolute atomic E-state index is 0.519. The number of nitrogens with zero attached hydrogens (tertiary/aromatic N) is 2. The second-order valence-electron chi connectivity index (χ2n) is 7.57. The van der Waals surface area contributed by atoms with E-state index in [0.717, 1.165) is 50.8 Å². The minimum atomic E-state index is 0.519. The van der Waals surface area contributed by atoms with Gasteiger partial charge in [0.25, 0.3) is 0 Å². The van der Waals surface area contributed by atoms with Crippen molar-refractivity contribution >= 4 is 11.5 Å². The number of aromatic nitrogens is 1. The number of rotatable bonds is 6. The molecular weight excluding hydrogens is 380 g/mol. The molecule has 31 heavy (non-hydrogen) atoms. The quantitative estimate of drug-likeness (QED) is 0.332. The maximum atomic E-state index is 6.15. The summed E-state index contributed by atoms with van der Waals surface area (Å²) < 4.78 is 6.15. The first-order valence-electron chi connectivity index (χ1n) is 10.5. The lowest BCUT2D eigenvalue weighted by atomic mass is 10.0. The molecule has 0 fully saturated rings. The van der Waals surface area contributed by atoms with Crippen LogP contribution in [-0.4, -0.2) is 10.7 Å². The van der Waals surface area contributed by atoms with Gasteiger partial charge in [-0.25, -0.2) is 9.98 Å². The summed E-state index contributed by atoms with van der Waals surface area (Å²) in [5, 5.41) is 0. The summed E-state index contributed by atoms with van der Waals surface area (Å²) in [6, 6.07) is 30.7. The number of pyridine rings is 1. The van der Waals surface area contributed by atoms with Gasteiger partial charge in [-0.15, -0.1) is 0 Å². The molecule has 0 aliphatic carbocycles. The highest BCUT2D eigenvalue weighted by atomic mass is 16.5. The monoisotopic (exact) mass is 406 g/mol. The molecule has 0 atom stereocenters. The van der Waals surface area contributed by atoms with E-state index in [-0.39, 0.29) is 0 Å². The average molecular weight is 407 g/mol. The first kappa shape index (κ1) is 20.5. The van der Waals surface area contributed by atoms with Gasteiger partial charge >= 0.3 is 0 Å². The molecule has 4 aromatic rings. The number of benzene rings is 3. The molecule has 0 saturated heterocycles. The Labute approximate surface area is 184 Å². The molecule has 0 radical (unpaired) electrons. The van der Waals surface area contributed by atoms with Crippen molar-refractivity contribution in [1.29, 1.82) is 0 Å². The van der Waals surface area contributed by atoms with Crippen LogP contribution in [0.4, 0.5) is 5.82 Å². The third-order valence-corrected chi connectivity index (χ3v) is 5.38. The molecule has 0 bridgehead atoms. The van der Waals surface area contributed by atoms with E-state index in [9.17, 15) is 0 Å². The molecule has 0 spiro atoms. The Bertz CT molecular complexity index is 1140. The zero-order valence-electron chi connectivity index (χ0n) is 18.2. The molecule has 3 nitrogen and oxygen atoms in total. The Morgan fingerprint density at radius 3 is 1.77 bits per heavy atom. The van der Waals surface area contributed by atoms with Crippen LogP contribution < -0.4 is 4.74 Å².